The van der Waals surface area contributed by atoms with Gasteiger partial charge in [0.25, 0.3) is 5.91 Å². The lowest BCUT2D eigenvalue weighted by molar-refractivity contribution is 0.0934. The van der Waals surface area contributed by atoms with Crippen molar-refractivity contribution in [3.05, 3.63) is 83.2 Å². The molecule has 0 unspecified atom stereocenters. The van der Waals surface area contributed by atoms with Gasteiger partial charge in [-0.3, -0.25) is 14.4 Å². The van der Waals surface area contributed by atoms with Crippen molar-refractivity contribution in [3.8, 4) is 5.75 Å². The molecule has 1 fully saturated rings. The molecule has 30 heavy (non-hydrogen) atoms. The lowest BCUT2D eigenvalue weighted by atomic mass is 9.94. The normalized spacial score (nSPS) is 19.0. The summed E-state index contributed by atoms with van der Waals surface area (Å²) in [6.07, 6.45) is 1.78. The first kappa shape index (κ1) is 20.2. The van der Waals surface area contributed by atoms with Crippen LogP contribution in [0, 0.1) is 6.92 Å². The van der Waals surface area contributed by atoms with Gasteiger partial charge < -0.3 is 10.1 Å². The highest BCUT2D eigenvalue weighted by molar-refractivity contribution is 5.95. The van der Waals surface area contributed by atoms with Crippen LogP contribution in [0.15, 0.2) is 60.8 Å². The molecule has 1 aliphatic rings. The Morgan fingerprint density at radius 3 is 2.50 bits per heavy atom. The van der Waals surface area contributed by atoms with E-state index in [1.165, 1.54) is 11.1 Å². The lowest BCUT2D eigenvalue weighted by Gasteiger charge is -2.20. The highest BCUT2D eigenvalue weighted by atomic mass is 16.5. The molecule has 0 spiro atoms. The van der Waals surface area contributed by atoms with E-state index in [0.29, 0.717) is 5.56 Å². The van der Waals surface area contributed by atoms with Crippen molar-refractivity contribution in [3.63, 3.8) is 0 Å². The fraction of sp³-hybridized carbons (Fsp3) is 0.333. The van der Waals surface area contributed by atoms with Gasteiger partial charge in [-0.25, -0.2) is 0 Å². The first-order valence-electron chi connectivity index (χ1n) is 10.2. The molecule has 1 saturated heterocycles. The van der Waals surface area contributed by atoms with Gasteiger partial charge in [-0.05, 0) is 30.2 Å². The smallest absolute Gasteiger partial charge is 0.255 e. The molecule has 6 heteroatoms. The molecule has 6 nitrogen and oxygen atoms in total. The maximum Gasteiger partial charge on any atom is 0.255 e. The number of carbonyl (C=O) groups excluding carboxylic acids is 1. The number of ether oxygens (including phenoxy) is 1. The van der Waals surface area contributed by atoms with Crippen LogP contribution in [0.3, 0.4) is 0 Å². The molecule has 1 aromatic heterocycles. The summed E-state index contributed by atoms with van der Waals surface area (Å²) >= 11 is 0. The van der Waals surface area contributed by atoms with E-state index >= 15 is 0 Å². The van der Waals surface area contributed by atoms with Gasteiger partial charge >= 0.3 is 0 Å². The van der Waals surface area contributed by atoms with Gasteiger partial charge in [0, 0.05) is 44.8 Å². The Balaban J connectivity index is 1.55. The highest BCUT2D eigenvalue weighted by Crippen LogP contribution is 2.30. The van der Waals surface area contributed by atoms with Crippen molar-refractivity contribution in [2.45, 2.75) is 25.4 Å². The molecule has 1 N–H and O–H groups in total. The van der Waals surface area contributed by atoms with Crippen LogP contribution in [0.1, 0.15) is 33.1 Å². The van der Waals surface area contributed by atoms with E-state index in [2.05, 4.69) is 51.7 Å². The van der Waals surface area contributed by atoms with Gasteiger partial charge in [0.2, 0.25) is 0 Å². The van der Waals surface area contributed by atoms with Gasteiger partial charge in [0.15, 0.2) is 0 Å². The number of benzene rings is 2. The molecule has 3 aromatic rings. The predicted octanol–water partition coefficient (Wildman–Crippen LogP) is 3.14. The van der Waals surface area contributed by atoms with Crippen LogP contribution in [0.5, 0.6) is 5.75 Å². The maximum absolute atomic E-state index is 13.0. The summed E-state index contributed by atoms with van der Waals surface area (Å²) in [6.45, 7) is 4.42. The monoisotopic (exact) mass is 404 g/mol. The van der Waals surface area contributed by atoms with E-state index in [4.69, 9.17) is 4.74 Å². The van der Waals surface area contributed by atoms with Gasteiger partial charge in [-0.2, -0.15) is 5.10 Å². The number of likely N-dealkylation sites (tertiary alicyclic amines) is 1. The average Bonchev–Trinajstić information content (AvgIpc) is 3.30. The number of nitrogens with zero attached hydrogens (tertiary/aromatic N) is 3. The molecule has 2 heterocycles. The Morgan fingerprint density at radius 1 is 1.13 bits per heavy atom. The van der Waals surface area contributed by atoms with E-state index in [1.807, 2.05) is 32.2 Å². The second kappa shape index (κ2) is 8.71. The Labute approximate surface area is 177 Å². The van der Waals surface area contributed by atoms with E-state index in [9.17, 15) is 4.79 Å². The molecule has 1 amide bonds. The Hall–Kier alpha value is -3.12. The fourth-order valence-corrected chi connectivity index (χ4v) is 4.26. The van der Waals surface area contributed by atoms with Crippen molar-refractivity contribution >= 4 is 5.91 Å². The number of amides is 1. The quantitative estimate of drug-likeness (QED) is 0.686. The first-order chi connectivity index (χ1) is 14.5. The second-order valence-electron chi connectivity index (χ2n) is 7.94. The van der Waals surface area contributed by atoms with Gasteiger partial charge in [-0.1, -0.05) is 42.5 Å². The Bertz CT molecular complexity index is 998. The number of hydrogen-bond donors (Lipinski definition) is 1. The van der Waals surface area contributed by atoms with Crippen molar-refractivity contribution < 1.29 is 9.53 Å². The zero-order valence-corrected chi connectivity index (χ0v) is 17.7. The molecule has 0 bridgehead atoms. The molecule has 0 saturated carbocycles. The Kier molecular flexibility index (Phi) is 5.86. The van der Waals surface area contributed by atoms with E-state index in [-0.39, 0.29) is 17.9 Å². The van der Waals surface area contributed by atoms with Crippen molar-refractivity contribution in [2.24, 2.45) is 7.05 Å². The SMILES string of the molecule is COc1ccc([C@H]2CN(Cc3ccccc3)C[C@@H]2NC(=O)c2cn(C)nc2C)cc1. The number of aryl methyl sites for hydroxylation is 2. The number of hydrogen-bond acceptors (Lipinski definition) is 4. The van der Waals surface area contributed by atoms with E-state index in [0.717, 1.165) is 31.1 Å². The molecule has 1 aliphatic heterocycles. The third-order valence-corrected chi connectivity index (χ3v) is 5.76. The minimum Gasteiger partial charge on any atom is -0.497 e. The summed E-state index contributed by atoms with van der Waals surface area (Å²) in [5.41, 5.74) is 3.86. The zero-order chi connectivity index (χ0) is 21.1. The van der Waals surface area contributed by atoms with Crippen LogP contribution in [-0.2, 0) is 13.6 Å². The molecular formula is C24H28N4O2. The lowest BCUT2D eigenvalue weighted by Crippen LogP contribution is -2.40. The average molecular weight is 405 g/mol. The number of carbonyl (C=O) groups is 1. The zero-order valence-electron chi connectivity index (χ0n) is 17.7. The fourth-order valence-electron chi connectivity index (χ4n) is 4.26. The highest BCUT2D eigenvalue weighted by Gasteiger charge is 2.35. The van der Waals surface area contributed by atoms with Crippen molar-refractivity contribution in [2.75, 3.05) is 20.2 Å². The molecule has 0 aliphatic carbocycles. The largest absolute Gasteiger partial charge is 0.497 e. The third kappa shape index (κ3) is 4.39. The molecule has 2 aromatic carbocycles. The van der Waals surface area contributed by atoms with Crippen LogP contribution in [-0.4, -0.2) is 46.8 Å². The van der Waals surface area contributed by atoms with Gasteiger partial charge in [-0.15, -0.1) is 0 Å². The standard InChI is InChI=1S/C24H28N4O2/c1-17-21(14-27(2)26-17)24(29)25-23-16-28(13-18-7-5-4-6-8-18)15-22(23)19-9-11-20(30-3)12-10-19/h4-12,14,22-23H,13,15-16H2,1-3H3,(H,25,29)/t22-,23+/m1/s1. The molecular weight excluding hydrogens is 376 g/mol. The summed E-state index contributed by atoms with van der Waals surface area (Å²) in [5.74, 6) is 0.982. The van der Waals surface area contributed by atoms with Crippen LogP contribution >= 0.6 is 0 Å². The maximum atomic E-state index is 13.0. The summed E-state index contributed by atoms with van der Waals surface area (Å²) in [4.78, 5) is 15.4. The third-order valence-electron chi connectivity index (χ3n) is 5.76. The van der Waals surface area contributed by atoms with Crippen LogP contribution < -0.4 is 10.1 Å². The summed E-state index contributed by atoms with van der Waals surface area (Å²) in [5, 5.41) is 7.58. The molecule has 2 atom stereocenters. The minimum atomic E-state index is -0.0642. The van der Waals surface area contributed by atoms with Crippen LogP contribution in [0.25, 0.3) is 0 Å². The van der Waals surface area contributed by atoms with Crippen molar-refractivity contribution in [1.82, 2.24) is 20.0 Å². The minimum absolute atomic E-state index is 0.0224. The Morgan fingerprint density at radius 2 is 1.87 bits per heavy atom. The second-order valence-corrected chi connectivity index (χ2v) is 7.94. The molecule has 156 valence electrons. The first-order valence-corrected chi connectivity index (χ1v) is 10.2. The number of nitrogens with one attached hydrogen (secondary N) is 1. The number of aromatic nitrogens is 2. The predicted molar refractivity (Wildman–Crippen MR) is 117 cm³/mol. The molecule has 4 rings (SSSR count). The van der Waals surface area contributed by atoms with Crippen molar-refractivity contribution in [1.29, 1.82) is 0 Å². The molecule has 0 radical (unpaired) electrons. The summed E-state index contributed by atoms with van der Waals surface area (Å²) in [7, 11) is 3.51. The summed E-state index contributed by atoms with van der Waals surface area (Å²) in [6, 6.07) is 18.7. The van der Waals surface area contributed by atoms with Crippen LogP contribution in [0.2, 0.25) is 0 Å². The van der Waals surface area contributed by atoms with Gasteiger partial charge in [0.05, 0.1) is 18.4 Å². The topological polar surface area (TPSA) is 59.4 Å². The number of rotatable bonds is 6. The van der Waals surface area contributed by atoms with Gasteiger partial charge in [0.1, 0.15) is 5.75 Å². The van der Waals surface area contributed by atoms with E-state index < -0.39 is 0 Å². The summed E-state index contributed by atoms with van der Waals surface area (Å²) < 4.78 is 6.99. The number of methoxy groups -OCH3 is 1. The van der Waals surface area contributed by atoms with Crippen LogP contribution in [0.4, 0.5) is 0 Å². The van der Waals surface area contributed by atoms with E-state index in [1.54, 1.807) is 18.0 Å².